The maximum Gasteiger partial charge on any atom is 0.170 e. The van der Waals surface area contributed by atoms with Crippen LogP contribution in [0.3, 0.4) is 0 Å². The molecule has 0 radical (unpaired) electrons. The predicted octanol–water partition coefficient (Wildman–Crippen LogP) is 5.34. The van der Waals surface area contributed by atoms with Crippen LogP contribution in [-0.2, 0) is 13.1 Å². The first kappa shape index (κ1) is 21.7. The third-order valence-electron chi connectivity index (χ3n) is 4.99. The maximum absolute atomic E-state index is 5.83. The molecular weight excluding hydrogens is 392 g/mol. The zero-order chi connectivity index (χ0) is 21.3. The summed E-state index contributed by atoms with van der Waals surface area (Å²) in [6.07, 6.45) is 0. The van der Waals surface area contributed by atoms with Gasteiger partial charge in [0.2, 0.25) is 0 Å². The van der Waals surface area contributed by atoms with E-state index in [0.29, 0.717) is 18.2 Å². The summed E-state index contributed by atoms with van der Waals surface area (Å²) in [5, 5.41) is 4.18. The Bertz CT molecular complexity index is 948. The lowest BCUT2D eigenvalue weighted by Crippen LogP contribution is -2.40. The average Bonchev–Trinajstić information content (AvgIpc) is 2.79. The van der Waals surface area contributed by atoms with Crippen molar-refractivity contribution in [3.8, 4) is 11.5 Å². The van der Waals surface area contributed by atoms with Crippen LogP contribution in [0.5, 0.6) is 11.5 Å². The van der Waals surface area contributed by atoms with E-state index in [-0.39, 0.29) is 6.04 Å². The molecule has 0 aromatic heterocycles. The minimum Gasteiger partial charge on any atom is -0.497 e. The summed E-state index contributed by atoms with van der Waals surface area (Å²) < 4.78 is 11.0. The number of benzene rings is 3. The SMILES string of the molecule is COc1ccc(OC)c(CN(Cc2ccccc2)C(=S)NC(C)c2ccccc2)c1. The molecule has 1 N–H and O–H groups in total. The quantitative estimate of drug-likeness (QED) is 0.498. The van der Waals surface area contributed by atoms with Crippen LogP contribution in [0, 0.1) is 0 Å². The second-order valence-electron chi connectivity index (χ2n) is 7.10. The summed E-state index contributed by atoms with van der Waals surface area (Å²) in [6.45, 7) is 3.41. The summed E-state index contributed by atoms with van der Waals surface area (Å²) >= 11 is 5.83. The van der Waals surface area contributed by atoms with Crippen molar-refractivity contribution in [2.75, 3.05) is 14.2 Å². The van der Waals surface area contributed by atoms with Gasteiger partial charge in [0.1, 0.15) is 11.5 Å². The van der Waals surface area contributed by atoms with Gasteiger partial charge in [-0.2, -0.15) is 0 Å². The van der Waals surface area contributed by atoms with Crippen LogP contribution in [0.15, 0.2) is 78.9 Å². The molecule has 0 spiro atoms. The molecule has 0 saturated heterocycles. The van der Waals surface area contributed by atoms with Crippen molar-refractivity contribution in [1.82, 2.24) is 10.2 Å². The van der Waals surface area contributed by atoms with Gasteiger partial charge in [0.15, 0.2) is 5.11 Å². The summed E-state index contributed by atoms with van der Waals surface area (Å²) in [4.78, 5) is 2.15. The average molecular weight is 421 g/mol. The molecule has 4 nitrogen and oxygen atoms in total. The molecule has 0 bridgehead atoms. The predicted molar refractivity (Wildman–Crippen MR) is 126 cm³/mol. The fourth-order valence-electron chi connectivity index (χ4n) is 3.32. The van der Waals surface area contributed by atoms with Gasteiger partial charge in [0.25, 0.3) is 0 Å². The fraction of sp³-hybridized carbons (Fsp3) is 0.240. The van der Waals surface area contributed by atoms with Crippen molar-refractivity contribution in [3.05, 3.63) is 95.6 Å². The number of methoxy groups -OCH3 is 2. The molecule has 0 aliphatic rings. The number of hydrogen-bond acceptors (Lipinski definition) is 3. The highest BCUT2D eigenvalue weighted by Crippen LogP contribution is 2.26. The minimum absolute atomic E-state index is 0.101. The minimum atomic E-state index is 0.101. The highest BCUT2D eigenvalue weighted by Gasteiger charge is 2.17. The van der Waals surface area contributed by atoms with Gasteiger partial charge in [-0.15, -0.1) is 0 Å². The Kier molecular flexibility index (Phi) is 7.69. The van der Waals surface area contributed by atoms with Crippen LogP contribution < -0.4 is 14.8 Å². The van der Waals surface area contributed by atoms with E-state index in [0.717, 1.165) is 17.1 Å². The van der Waals surface area contributed by atoms with Crippen molar-refractivity contribution in [1.29, 1.82) is 0 Å². The molecule has 0 aliphatic carbocycles. The van der Waals surface area contributed by atoms with Crippen LogP contribution in [0.2, 0.25) is 0 Å². The Morgan fingerprint density at radius 3 is 2.20 bits per heavy atom. The van der Waals surface area contributed by atoms with Gasteiger partial charge in [0, 0.05) is 18.7 Å². The van der Waals surface area contributed by atoms with E-state index in [9.17, 15) is 0 Å². The van der Waals surface area contributed by atoms with Gasteiger partial charge in [-0.3, -0.25) is 0 Å². The molecule has 3 aromatic carbocycles. The van der Waals surface area contributed by atoms with E-state index in [1.54, 1.807) is 14.2 Å². The zero-order valence-corrected chi connectivity index (χ0v) is 18.5. The molecule has 156 valence electrons. The number of thiocarbonyl (C=S) groups is 1. The Balaban J connectivity index is 1.84. The summed E-state index contributed by atoms with van der Waals surface area (Å²) in [6, 6.07) is 26.6. The standard InChI is InChI=1S/C25H28N2O2S/c1-19(21-12-8-5-9-13-21)26-25(30)27(17-20-10-6-4-7-11-20)18-22-16-23(28-2)14-15-24(22)29-3/h4-16,19H,17-18H2,1-3H3,(H,26,30). The molecule has 0 aliphatic heterocycles. The van der Waals surface area contributed by atoms with Crippen molar-refractivity contribution >= 4 is 17.3 Å². The van der Waals surface area contributed by atoms with Crippen molar-refractivity contribution in [2.45, 2.75) is 26.1 Å². The summed E-state index contributed by atoms with van der Waals surface area (Å²) in [5.74, 6) is 1.61. The molecule has 30 heavy (non-hydrogen) atoms. The summed E-state index contributed by atoms with van der Waals surface area (Å²) in [5.41, 5.74) is 3.40. The normalized spacial score (nSPS) is 11.4. The van der Waals surface area contributed by atoms with Gasteiger partial charge in [0.05, 0.1) is 20.3 Å². The smallest absolute Gasteiger partial charge is 0.170 e. The lowest BCUT2D eigenvalue weighted by Gasteiger charge is -2.29. The topological polar surface area (TPSA) is 33.7 Å². The second-order valence-corrected chi connectivity index (χ2v) is 7.49. The van der Waals surface area contributed by atoms with Crippen LogP contribution in [0.1, 0.15) is 29.7 Å². The van der Waals surface area contributed by atoms with E-state index in [1.807, 2.05) is 54.6 Å². The van der Waals surface area contributed by atoms with Gasteiger partial charge < -0.3 is 19.7 Å². The van der Waals surface area contributed by atoms with E-state index in [2.05, 4.69) is 41.4 Å². The Labute approximate surface area is 184 Å². The molecule has 0 fully saturated rings. The first-order chi connectivity index (χ1) is 14.6. The Hall–Kier alpha value is -3.05. The molecule has 3 rings (SSSR count). The number of nitrogens with zero attached hydrogens (tertiary/aromatic N) is 1. The van der Waals surface area contributed by atoms with Crippen molar-refractivity contribution in [2.24, 2.45) is 0 Å². The van der Waals surface area contributed by atoms with Crippen LogP contribution in [0.25, 0.3) is 0 Å². The lowest BCUT2D eigenvalue weighted by molar-refractivity contribution is 0.364. The van der Waals surface area contributed by atoms with E-state index in [4.69, 9.17) is 21.7 Å². The van der Waals surface area contributed by atoms with Gasteiger partial charge >= 0.3 is 0 Å². The third-order valence-corrected chi connectivity index (χ3v) is 5.37. The Morgan fingerprint density at radius 2 is 1.57 bits per heavy atom. The Morgan fingerprint density at radius 1 is 0.900 bits per heavy atom. The molecule has 3 aromatic rings. The maximum atomic E-state index is 5.83. The zero-order valence-electron chi connectivity index (χ0n) is 17.7. The molecule has 0 saturated carbocycles. The third kappa shape index (κ3) is 5.74. The first-order valence-corrected chi connectivity index (χ1v) is 10.4. The highest BCUT2D eigenvalue weighted by atomic mass is 32.1. The largest absolute Gasteiger partial charge is 0.497 e. The fourth-order valence-corrected chi connectivity index (χ4v) is 3.62. The molecule has 1 unspecified atom stereocenters. The van der Waals surface area contributed by atoms with Gasteiger partial charge in [-0.05, 0) is 48.5 Å². The molecule has 0 amide bonds. The van der Waals surface area contributed by atoms with Crippen LogP contribution >= 0.6 is 12.2 Å². The number of nitrogens with one attached hydrogen (secondary N) is 1. The van der Waals surface area contributed by atoms with Crippen LogP contribution in [0.4, 0.5) is 0 Å². The van der Waals surface area contributed by atoms with E-state index < -0.39 is 0 Å². The van der Waals surface area contributed by atoms with Crippen molar-refractivity contribution < 1.29 is 9.47 Å². The van der Waals surface area contributed by atoms with Crippen molar-refractivity contribution in [3.63, 3.8) is 0 Å². The molecule has 1 atom stereocenters. The van der Waals surface area contributed by atoms with Gasteiger partial charge in [-0.25, -0.2) is 0 Å². The second kappa shape index (κ2) is 10.6. The summed E-state index contributed by atoms with van der Waals surface area (Å²) in [7, 11) is 3.35. The van der Waals surface area contributed by atoms with Crippen LogP contribution in [-0.4, -0.2) is 24.2 Å². The number of rotatable bonds is 8. The molecule has 0 heterocycles. The monoisotopic (exact) mass is 420 g/mol. The molecule has 5 heteroatoms. The highest BCUT2D eigenvalue weighted by molar-refractivity contribution is 7.80. The lowest BCUT2D eigenvalue weighted by atomic mass is 10.1. The first-order valence-electron chi connectivity index (χ1n) is 9.96. The number of hydrogen-bond donors (Lipinski definition) is 1. The number of ether oxygens (including phenoxy) is 2. The van der Waals surface area contributed by atoms with E-state index >= 15 is 0 Å². The molecular formula is C25H28N2O2S. The van der Waals surface area contributed by atoms with E-state index in [1.165, 1.54) is 11.1 Å². The van der Waals surface area contributed by atoms with Gasteiger partial charge in [-0.1, -0.05) is 60.7 Å².